The topological polar surface area (TPSA) is 35.5 Å². The van der Waals surface area contributed by atoms with E-state index in [4.69, 9.17) is 11.6 Å². The largest absolute Gasteiger partial charge is 0.506 e. The van der Waals surface area contributed by atoms with Gasteiger partial charge in [-0.15, -0.1) is 24.8 Å². The second kappa shape index (κ2) is 8.23. The lowest BCUT2D eigenvalue weighted by molar-refractivity contribution is 0.153. The quantitative estimate of drug-likeness (QED) is 0.779. The van der Waals surface area contributed by atoms with Crippen LogP contribution in [0.15, 0.2) is 16.6 Å². The van der Waals surface area contributed by atoms with Crippen LogP contribution < -0.4 is 5.32 Å². The summed E-state index contributed by atoms with van der Waals surface area (Å²) in [5, 5.41) is 14.2. The number of hydrogen-bond donors (Lipinski definition) is 2. The van der Waals surface area contributed by atoms with Crippen LogP contribution in [0.25, 0.3) is 0 Å². The van der Waals surface area contributed by atoms with Crippen molar-refractivity contribution in [2.45, 2.75) is 18.9 Å². The van der Waals surface area contributed by atoms with E-state index in [0.29, 0.717) is 10.9 Å². The van der Waals surface area contributed by atoms with Gasteiger partial charge in [-0.25, -0.2) is 0 Å². The molecule has 1 saturated carbocycles. The van der Waals surface area contributed by atoms with Crippen molar-refractivity contribution in [3.05, 3.63) is 27.2 Å². The fourth-order valence-electron chi connectivity index (χ4n) is 2.93. The van der Waals surface area contributed by atoms with E-state index >= 15 is 0 Å². The van der Waals surface area contributed by atoms with Crippen LogP contribution in [-0.2, 0) is 0 Å². The Kier molecular flexibility index (Phi) is 7.58. The first kappa shape index (κ1) is 19.3. The summed E-state index contributed by atoms with van der Waals surface area (Å²) >= 11 is 9.68. The molecule has 3 rings (SSSR count). The van der Waals surface area contributed by atoms with Crippen LogP contribution in [0.3, 0.4) is 0 Å². The number of hydrogen-bond acceptors (Lipinski definition) is 3. The Morgan fingerprint density at radius 1 is 1.24 bits per heavy atom. The summed E-state index contributed by atoms with van der Waals surface area (Å²) in [6.45, 7) is 4.09. The molecule has 2 N–H and O–H groups in total. The lowest BCUT2D eigenvalue weighted by Crippen LogP contribution is -2.45. The van der Waals surface area contributed by atoms with E-state index in [2.05, 4.69) is 26.1 Å². The second-order valence-corrected chi connectivity index (χ2v) is 6.62. The van der Waals surface area contributed by atoms with E-state index in [0.717, 1.165) is 36.2 Å². The van der Waals surface area contributed by atoms with Crippen LogP contribution >= 0.6 is 52.3 Å². The number of piperazine rings is 1. The van der Waals surface area contributed by atoms with Gasteiger partial charge in [-0.2, -0.15) is 0 Å². The molecule has 1 aliphatic carbocycles. The summed E-state index contributed by atoms with van der Waals surface area (Å²) in [4.78, 5) is 2.48. The molecule has 1 saturated heterocycles. The Hall–Kier alpha value is 0.290. The van der Waals surface area contributed by atoms with Gasteiger partial charge in [0.25, 0.3) is 0 Å². The third-order valence-corrected chi connectivity index (χ3v) is 5.02. The van der Waals surface area contributed by atoms with Crippen molar-refractivity contribution in [1.82, 2.24) is 10.2 Å². The molecule has 0 bridgehead atoms. The van der Waals surface area contributed by atoms with Crippen molar-refractivity contribution in [3.8, 4) is 5.75 Å². The molecule has 0 amide bonds. The standard InChI is InChI=1S/C14H18BrClN2O.2ClH/c15-10-3-4-11(16)14(19)12(10)13(9-1-2-9)18-7-5-17-6-8-18;;/h3-4,9,13,17,19H,1-2,5-8H2;2*1H/t13-;;/m0../s1. The number of rotatable bonds is 3. The molecule has 1 aromatic rings. The molecule has 0 aromatic heterocycles. The molecule has 0 unspecified atom stereocenters. The SMILES string of the molecule is Cl.Cl.Oc1c(Cl)ccc(Br)c1[C@H](C1CC1)N1CCNCC1. The highest BCUT2D eigenvalue weighted by Crippen LogP contribution is 2.50. The van der Waals surface area contributed by atoms with Gasteiger partial charge in [-0.3, -0.25) is 4.90 Å². The molecule has 120 valence electrons. The van der Waals surface area contributed by atoms with Gasteiger partial charge in [0.15, 0.2) is 0 Å². The van der Waals surface area contributed by atoms with Crippen LogP contribution in [0.1, 0.15) is 24.4 Å². The predicted octanol–water partition coefficient (Wildman–Crippen LogP) is 4.01. The summed E-state index contributed by atoms with van der Waals surface area (Å²) in [6, 6.07) is 3.97. The highest BCUT2D eigenvalue weighted by molar-refractivity contribution is 9.10. The molecule has 2 aliphatic rings. The maximum Gasteiger partial charge on any atom is 0.140 e. The number of aromatic hydroxyl groups is 1. The van der Waals surface area contributed by atoms with Crippen molar-refractivity contribution in [2.24, 2.45) is 5.92 Å². The first-order chi connectivity index (χ1) is 9.18. The van der Waals surface area contributed by atoms with Gasteiger partial charge in [0.2, 0.25) is 0 Å². The van der Waals surface area contributed by atoms with E-state index < -0.39 is 0 Å². The highest BCUT2D eigenvalue weighted by atomic mass is 79.9. The maximum absolute atomic E-state index is 10.4. The lowest BCUT2D eigenvalue weighted by atomic mass is 9.98. The minimum atomic E-state index is 0. The summed E-state index contributed by atoms with van der Waals surface area (Å²) in [5.41, 5.74) is 0.969. The summed E-state index contributed by atoms with van der Waals surface area (Å²) < 4.78 is 0.963. The Morgan fingerprint density at radius 3 is 2.43 bits per heavy atom. The second-order valence-electron chi connectivity index (χ2n) is 5.36. The van der Waals surface area contributed by atoms with Gasteiger partial charge in [0.1, 0.15) is 5.75 Å². The number of halogens is 4. The van der Waals surface area contributed by atoms with Gasteiger partial charge < -0.3 is 10.4 Å². The molecular weight excluding hydrogens is 398 g/mol. The molecule has 2 fully saturated rings. The maximum atomic E-state index is 10.4. The molecule has 0 radical (unpaired) electrons. The van der Waals surface area contributed by atoms with Crippen LogP contribution in [0.2, 0.25) is 5.02 Å². The molecule has 0 spiro atoms. The average molecular weight is 419 g/mol. The van der Waals surface area contributed by atoms with Gasteiger partial charge in [0.05, 0.1) is 5.02 Å². The monoisotopic (exact) mass is 416 g/mol. The third-order valence-electron chi connectivity index (χ3n) is 4.02. The molecule has 3 nitrogen and oxygen atoms in total. The minimum absolute atomic E-state index is 0. The fourth-order valence-corrected chi connectivity index (χ4v) is 3.65. The average Bonchev–Trinajstić information content (AvgIpc) is 3.24. The van der Waals surface area contributed by atoms with Gasteiger partial charge in [-0.05, 0) is 30.9 Å². The number of nitrogens with one attached hydrogen (secondary N) is 1. The van der Waals surface area contributed by atoms with Crippen molar-refractivity contribution < 1.29 is 5.11 Å². The number of benzene rings is 1. The lowest BCUT2D eigenvalue weighted by Gasteiger charge is -2.36. The molecular formula is C14H20BrCl3N2O. The normalized spacial score (nSPS) is 20.3. The zero-order chi connectivity index (χ0) is 13.4. The zero-order valence-electron chi connectivity index (χ0n) is 11.5. The molecule has 21 heavy (non-hydrogen) atoms. The first-order valence-corrected chi connectivity index (χ1v) is 7.97. The Labute approximate surface area is 151 Å². The summed E-state index contributed by atoms with van der Waals surface area (Å²) in [7, 11) is 0. The fraction of sp³-hybridized carbons (Fsp3) is 0.571. The molecule has 1 heterocycles. The van der Waals surface area contributed by atoms with E-state index in [-0.39, 0.29) is 36.6 Å². The first-order valence-electron chi connectivity index (χ1n) is 6.80. The smallest absolute Gasteiger partial charge is 0.140 e. The van der Waals surface area contributed by atoms with Gasteiger partial charge >= 0.3 is 0 Å². The van der Waals surface area contributed by atoms with Gasteiger partial charge in [-0.1, -0.05) is 27.5 Å². The molecule has 1 aliphatic heterocycles. The summed E-state index contributed by atoms with van der Waals surface area (Å²) in [5.74, 6) is 0.894. The molecule has 1 aromatic carbocycles. The van der Waals surface area contributed by atoms with Crippen LogP contribution in [-0.4, -0.2) is 36.2 Å². The number of nitrogens with zero attached hydrogens (tertiary/aromatic N) is 1. The van der Waals surface area contributed by atoms with E-state index in [1.54, 1.807) is 6.07 Å². The Bertz CT molecular complexity index is 480. The van der Waals surface area contributed by atoms with E-state index in [1.807, 2.05) is 6.07 Å². The van der Waals surface area contributed by atoms with Crippen molar-refractivity contribution in [3.63, 3.8) is 0 Å². The van der Waals surface area contributed by atoms with Crippen molar-refractivity contribution in [2.75, 3.05) is 26.2 Å². The van der Waals surface area contributed by atoms with Gasteiger partial charge in [0, 0.05) is 42.3 Å². The number of phenols is 1. The van der Waals surface area contributed by atoms with E-state index in [1.165, 1.54) is 12.8 Å². The predicted molar refractivity (Wildman–Crippen MR) is 95.2 cm³/mol. The summed E-state index contributed by atoms with van der Waals surface area (Å²) in [6.07, 6.45) is 2.49. The Morgan fingerprint density at radius 2 is 1.86 bits per heavy atom. The van der Waals surface area contributed by atoms with Crippen molar-refractivity contribution >= 4 is 52.3 Å². The molecule has 7 heteroatoms. The third kappa shape index (κ3) is 4.18. The van der Waals surface area contributed by atoms with E-state index in [9.17, 15) is 5.11 Å². The minimum Gasteiger partial charge on any atom is -0.506 e. The zero-order valence-corrected chi connectivity index (χ0v) is 15.5. The number of phenolic OH excluding ortho intramolecular Hbond substituents is 1. The van der Waals surface area contributed by atoms with Crippen LogP contribution in [0, 0.1) is 5.92 Å². The van der Waals surface area contributed by atoms with Crippen LogP contribution in [0.4, 0.5) is 0 Å². The highest BCUT2D eigenvalue weighted by Gasteiger charge is 2.39. The van der Waals surface area contributed by atoms with Crippen molar-refractivity contribution in [1.29, 1.82) is 0 Å². The van der Waals surface area contributed by atoms with Crippen LogP contribution in [0.5, 0.6) is 5.75 Å². The Balaban J connectivity index is 0.00000110. The molecule has 1 atom stereocenters.